The molecule has 3 heteroatoms. The van der Waals surface area contributed by atoms with E-state index in [9.17, 15) is 4.21 Å². The van der Waals surface area contributed by atoms with Gasteiger partial charge in [0.15, 0.2) is 0 Å². The SMILES string of the molecule is CCCC1CCC(NC)C(S(=O)C(C)C(C)C)C1. The molecule has 1 rings (SSSR count). The lowest BCUT2D eigenvalue weighted by atomic mass is 9.83. The fourth-order valence-electron chi connectivity index (χ4n) is 3.01. The van der Waals surface area contributed by atoms with Crippen molar-refractivity contribution in [2.24, 2.45) is 11.8 Å². The minimum absolute atomic E-state index is 0.311. The van der Waals surface area contributed by atoms with Crippen LogP contribution in [-0.4, -0.2) is 27.8 Å². The maximum atomic E-state index is 12.7. The Balaban J connectivity index is 2.70. The van der Waals surface area contributed by atoms with Crippen molar-refractivity contribution in [1.82, 2.24) is 5.32 Å². The van der Waals surface area contributed by atoms with Crippen LogP contribution in [0, 0.1) is 11.8 Å². The van der Waals surface area contributed by atoms with Crippen molar-refractivity contribution in [1.29, 1.82) is 0 Å². The summed E-state index contributed by atoms with van der Waals surface area (Å²) in [5.41, 5.74) is 0. The highest BCUT2D eigenvalue weighted by Crippen LogP contribution is 2.32. The summed E-state index contributed by atoms with van der Waals surface area (Å²) in [4.78, 5) is 0. The zero-order valence-corrected chi connectivity index (χ0v) is 13.6. The van der Waals surface area contributed by atoms with Gasteiger partial charge in [-0.2, -0.15) is 0 Å². The predicted molar refractivity (Wildman–Crippen MR) is 81.3 cm³/mol. The molecule has 2 nitrogen and oxygen atoms in total. The van der Waals surface area contributed by atoms with E-state index in [2.05, 4.69) is 33.0 Å². The molecule has 0 saturated heterocycles. The summed E-state index contributed by atoms with van der Waals surface area (Å²) in [5.74, 6) is 1.31. The van der Waals surface area contributed by atoms with Crippen molar-refractivity contribution in [3.63, 3.8) is 0 Å². The van der Waals surface area contributed by atoms with Gasteiger partial charge in [0.1, 0.15) is 0 Å². The molecule has 0 aliphatic heterocycles. The first kappa shape index (κ1) is 16.2. The zero-order chi connectivity index (χ0) is 13.7. The van der Waals surface area contributed by atoms with Crippen LogP contribution in [0.3, 0.4) is 0 Å². The van der Waals surface area contributed by atoms with Crippen LogP contribution in [0.5, 0.6) is 0 Å². The lowest BCUT2D eigenvalue weighted by Crippen LogP contribution is -2.47. The fourth-order valence-corrected chi connectivity index (χ4v) is 5.16. The standard InChI is InChI=1S/C15H31NOS/c1-6-7-13-8-9-14(16-5)15(10-13)18(17)12(4)11(2)3/h11-16H,6-10H2,1-5H3. The molecule has 1 N–H and O–H groups in total. The lowest BCUT2D eigenvalue weighted by Gasteiger charge is -2.37. The van der Waals surface area contributed by atoms with Crippen molar-refractivity contribution >= 4 is 10.8 Å². The van der Waals surface area contributed by atoms with Gasteiger partial charge in [-0.3, -0.25) is 4.21 Å². The van der Waals surface area contributed by atoms with Crippen LogP contribution in [0.15, 0.2) is 0 Å². The van der Waals surface area contributed by atoms with E-state index < -0.39 is 10.8 Å². The normalized spacial score (nSPS) is 32.4. The maximum absolute atomic E-state index is 12.7. The Kier molecular flexibility index (Phi) is 6.86. The van der Waals surface area contributed by atoms with Crippen molar-refractivity contribution in [3.05, 3.63) is 0 Å². The molecule has 0 spiro atoms. The third-order valence-corrected chi connectivity index (χ3v) is 6.97. The average Bonchev–Trinajstić information content (AvgIpc) is 2.37. The fraction of sp³-hybridized carbons (Fsp3) is 1.00. The lowest BCUT2D eigenvalue weighted by molar-refractivity contribution is 0.291. The molecule has 5 atom stereocenters. The Labute approximate surface area is 116 Å². The summed E-state index contributed by atoms with van der Waals surface area (Å²) in [5, 5.41) is 4.07. The van der Waals surface area contributed by atoms with Crippen LogP contribution >= 0.6 is 0 Å². The Morgan fingerprint density at radius 2 is 1.94 bits per heavy atom. The molecular formula is C15H31NOS. The van der Waals surface area contributed by atoms with E-state index in [1.165, 1.54) is 25.7 Å². The molecule has 0 aromatic rings. The van der Waals surface area contributed by atoms with Crippen molar-refractivity contribution < 1.29 is 4.21 Å². The highest BCUT2D eigenvalue weighted by atomic mass is 32.2. The van der Waals surface area contributed by atoms with Crippen LogP contribution in [0.2, 0.25) is 0 Å². The molecule has 5 unspecified atom stereocenters. The molecule has 1 fully saturated rings. The van der Waals surface area contributed by atoms with E-state index in [-0.39, 0.29) is 0 Å². The molecule has 0 heterocycles. The second-order valence-electron chi connectivity index (χ2n) is 6.18. The third kappa shape index (κ3) is 4.06. The van der Waals surface area contributed by atoms with E-state index >= 15 is 0 Å². The summed E-state index contributed by atoms with van der Waals surface area (Å²) < 4.78 is 12.7. The van der Waals surface area contributed by atoms with Gasteiger partial charge in [-0.1, -0.05) is 40.5 Å². The van der Waals surface area contributed by atoms with Gasteiger partial charge < -0.3 is 5.32 Å². The van der Waals surface area contributed by atoms with Gasteiger partial charge in [0.25, 0.3) is 0 Å². The monoisotopic (exact) mass is 273 g/mol. The number of hydrogen-bond acceptors (Lipinski definition) is 2. The van der Waals surface area contributed by atoms with Gasteiger partial charge in [0, 0.05) is 22.1 Å². The van der Waals surface area contributed by atoms with E-state index in [1.54, 1.807) is 0 Å². The first-order valence-corrected chi connectivity index (χ1v) is 8.85. The quantitative estimate of drug-likeness (QED) is 0.804. The van der Waals surface area contributed by atoms with E-state index in [0.717, 1.165) is 12.3 Å². The third-order valence-electron chi connectivity index (χ3n) is 4.57. The molecule has 0 aromatic carbocycles. The molecule has 1 aliphatic rings. The summed E-state index contributed by atoms with van der Waals surface area (Å²) in [7, 11) is 1.32. The number of nitrogens with one attached hydrogen (secondary N) is 1. The van der Waals surface area contributed by atoms with Crippen LogP contribution in [0.1, 0.15) is 59.8 Å². The minimum Gasteiger partial charge on any atom is -0.316 e. The predicted octanol–water partition coefficient (Wildman–Crippen LogP) is 3.34. The minimum atomic E-state index is -0.698. The maximum Gasteiger partial charge on any atom is 0.0506 e. The summed E-state index contributed by atoms with van der Waals surface area (Å²) in [6.07, 6.45) is 6.22. The second-order valence-corrected chi connectivity index (χ2v) is 8.19. The van der Waals surface area contributed by atoms with E-state index in [0.29, 0.717) is 22.5 Å². The number of rotatable bonds is 6. The highest BCUT2D eigenvalue weighted by molar-refractivity contribution is 7.86. The van der Waals surface area contributed by atoms with Crippen LogP contribution in [0.4, 0.5) is 0 Å². The number of hydrogen-bond donors (Lipinski definition) is 1. The average molecular weight is 273 g/mol. The molecule has 1 saturated carbocycles. The van der Waals surface area contributed by atoms with Crippen molar-refractivity contribution in [2.45, 2.75) is 76.3 Å². The Bertz CT molecular complexity index is 267. The Morgan fingerprint density at radius 1 is 1.28 bits per heavy atom. The molecule has 0 radical (unpaired) electrons. The highest BCUT2D eigenvalue weighted by Gasteiger charge is 2.35. The molecule has 0 bridgehead atoms. The van der Waals surface area contributed by atoms with E-state index in [1.807, 2.05) is 7.05 Å². The van der Waals surface area contributed by atoms with Gasteiger partial charge in [-0.05, 0) is 38.1 Å². The van der Waals surface area contributed by atoms with Crippen LogP contribution < -0.4 is 5.32 Å². The molecule has 1 aliphatic carbocycles. The van der Waals surface area contributed by atoms with Gasteiger partial charge in [-0.25, -0.2) is 0 Å². The van der Waals surface area contributed by atoms with Gasteiger partial charge in [-0.15, -0.1) is 0 Å². The molecule has 108 valence electrons. The van der Waals surface area contributed by atoms with Crippen LogP contribution in [-0.2, 0) is 10.8 Å². The first-order valence-electron chi connectivity index (χ1n) is 7.57. The van der Waals surface area contributed by atoms with Crippen molar-refractivity contribution in [2.75, 3.05) is 7.05 Å². The molecular weight excluding hydrogens is 242 g/mol. The zero-order valence-electron chi connectivity index (χ0n) is 12.7. The van der Waals surface area contributed by atoms with Crippen molar-refractivity contribution in [3.8, 4) is 0 Å². The smallest absolute Gasteiger partial charge is 0.0506 e. The van der Waals surface area contributed by atoms with E-state index in [4.69, 9.17) is 0 Å². The van der Waals surface area contributed by atoms with Gasteiger partial charge >= 0.3 is 0 Å². The van der Waals surface area contributed by atoms with Gasteiger partial charge in [0.05, 0.1) is 5.25 Å². The summed E-state index contributed by atoms with van der Waals surface area (Å²) in [6.45, 7) is 8.77. The molecule has 0 amide bonds. The Hall–Kier alpha value is 0.110. The second kappa shape index (κ2) is 7.64. The van der Waals surface area contributed by atoms with Crippen LogP contribution in [0.25, 0.3) is 0 Å². The largest absolute Gasteiger partial charge is 0.316 e. The first-order chi connectivity index (χ1) is 8.51. The Morgan fingerprint density at radius 3 is 2.44 bits per heavy atom. The van der Waals surface area contributed by atoms with Gasteiger partial charge in [0.2, 0.25) is 0 Å². The summed E-state index contributed by atoms with van der Waals surface area (Å²) in [6, 6.07) is 0.458. The summed E-state index contributed by atoms with van der Waals surface area (Å²) >= 11 is 0. The molecule has 0 aromatic heterocycles. The topological polar surface area (TPSA) is 29.1 Å². The molecule has 18 heavy (non-hydrogen) atoms.